The van der Waals surface area contributed by atoms with Gasteiger partial charge in [0.05, 0.1) is 11.4 Å². The quantitative estimate of drug-likeness (QED) is 0.416. The van der Waals surface area contributed by atoms with Crippen molar-refractivity contribution < 1.29 is 18.4 Å². The van der Waals surface area contributed by atoms with Gasteiger partial charge >= 0.3 is 0 Å². The third kappa shape index (κ3) is 4.39. The standard InChI is InChI=1S/C29H26F2N4O2/c1-4-34-28-24(18(3)33-35(28)23-8-6-5-7-9-23)25(19-10-12-21(30)13-11-19)26(29(34)37)32-27(36)20-14-17(2)15-22(31)16-20/h5-16,25-26H,4H2,1-3H3,(H,32,36)/t25-,26-/m0/s1. The summed E-state index contributed by atoms with van der Waals surface area (Å²) in [7, 11) is 0. The molecule has 1 aliphatic heterocycles. The van der Waals surface area contributed by atoms with Crippen molar-refractivity contribution in [3.05, 3.63) is 112 Å². The summed E-state index contributed by atoms with van der Waals surface area (Å²) < 4.78 is 29.6. The van der Waals surface area contributed by atoms with Crippen molar-refractivity contribution in [2.24, 2.45) is 0 Å². The van der Waals surface area contributed by atoms with E-state index in [1.807, 2.05) is 44.2 Å². The number of carbonyl (C=O) groups excluding carboxylic acids is 2. The van der Waals surface area contributed by atoms with Crippen molar-refractivity contribution in [3.8, 4) is 5.69 Å². The highest BCUT2D eigenvalue weighted by Crippen LogP contribution is 2.43. The Morgan fingerprint density at radius 2 is 1.68 bits per heavy atom. The largest absolute Gasteiger partial charge is 0.339 e. The van der Waals surface area contributed by atoms with Gasteiger partial charge in [0.1, 0.15) is 23.5 Å². The Balaban J connectivity index is 1.68. The van der Waals surface area contributed by atoms with Crippen LogP contribution >= 0.6 is 0 Å². The van der Waals surface area contributed by atoms with Gasteiger partial charge in [0.15, 0.2) is 0 Å². The van der Waals surface area contributed by atoms with Gasteiger partial charge < -0.3 is 5.32 Å². The van der Waals surface area contributed by atoms with Gasteiger partial charge in [-0.25, -0.2) is 13.5 Å². The van der Waals surface area contributed by atoms with Crippen LogP contribution in [0.3, 0.4) is 0 Å². The zero-order valence-corrected chi connectivity index (χ0v) is 20.7. The van der Waals surface area contributed by atoms with Crippen molar-refractivity contribution in [2.45, 2.75) is 32.7 Å². The average molecular weight is 501 g/mol. The Bertz CT molecular complexity index is 1460. The molecule has 8 heteroatoms. The molecule has 2 amide bonds. The van der Waals surface area contributed by atoms with Gasteiger partial charge in [-0.05, 0) is 74.4 Å². The molecule has 37 heavy (non-hydrogen) atoms. The molecule has 0 saturated carbocycles. The lowest BCUT2D eigenvalue weighted by molar-refractivity contribution is -0.121. The smallest absolute Gasteiger partial charge is 0.252 e. The molecule has 188 valence electrons. The molecule has 0 bridgehead atoms. The van der Waals surface area contributed by atoms with Crippen LogP contribution in [0.1, 0.15) is 45.6 Å². The number of nitrogens with zero attached hydrogens (tertiary/aromatic N) is 3. The lowest BCUT2D eigenvalue weighted by atomic mass is 9.81. The summed E-state index contributed by atoms with van der Waals surface area (Å²) in [6, 6.07) is 18.4. The van der Waals surface area contributed by atoms with Crippen molar-refractivity contribution in [3.63, 3.8) is 0 Å². The van der Waals surface area contributed by atoms with E-state index in [0.717, 1.165) is 17.3 Å². The van der Waals surface area contributed by atoms with Crippen LogP contribution in [0.15, 0.2) is 72.8 Å². The van der Waals surface area contributed by atoms with E-state index in [1.165, 1.54) is 18.2 Å². The first kappa shape index (κ1) is 24.4. The molecule has 0 saturated heterocycles. The fraction of sp³-hybridized carbons (Fsp3) is 0.207. The molecule has 0 spiro atoms. The van der Waals surface area contributed by atoms with Crippen LogP contribution in [-0.2, 0) is 4.79 Å². The number of fused-ring (bicyclic) bond motifs is 1. The molecule has 1 aromatic heterocycles. The number of halogens is 2. The number of anilines is 1. The van der Waals surface area contributed by atoms with Crippen LogP contribution in [0.4, 0.5) is 14.6 Å². The molecule has 5 rings (SSSR count). The van der Waals surface area contributed by atoms with E-state index in [-0.39, 0.29) is 11.5 Å². The predicted molar refractivity (Wildman–Crippen MR) is 137 cm³/mol. The lowest BCUT2D eigenvalue weighted by Gasteiger charge is -2.38. The maximum atomic E-state index is 14.1. The minimum Gasteiger partial charge on any atom is -0.339 e. The molecular formula is C29H26F2N4O2. The zero-order chi connectivity index (χ0) is 26.3. The highest BCUT2D eigenvalue weighted by Gasteiger charge is 2.45. The monoisotopic (exact) mass is 500 g/mol. The molecule has 3 aromatic carbocycles. The number of aromatic nitrogens is 2. The Morgan fingerprint density at radius 1 is 0.973 bits per heavy atom. The average Bonchev–Trinajstić information content (AvgIpc) is 3.21. The van der Waals surface area contributed by atoms with Crippen LogP contribution < -0.4 is 10.2 Å². The Morgan fingerprint density at radius 3 is 2.32 bits per heavy atom. The van der Waals surface area contributed by atoms with Gasteiger partial charge in [-0.1, -0.05) is 30.3 Å². The first-order chi connectivity index (χ1) is 17.8. The summed E-state index contributed by atoms with van der Waals surface area (Å²) in [6.07, 6.45) is 0. The summed E-state index contributed by atoms with van der Waals surface area (Å²) in [5.41, 5.74) is 3.59. The summed E-state index contributed by atoms with van der Waals surface area (Å²) in [4.78, 5) is 28.9. The molecule has 2 heterocycles. The molecule has 0 aliphatic carbocycles. The number of likely N-dealkylation sites (N-methyl/N-ethyl adjacent to an activating group) is 1. The third-order valence-electron chi connectivity index (χ3n) is 6.65. The topological polar surface area (TPSA) is 67.2 Å². The van der Waals surface area contributed by atoms with E-state index in [4.69, 9.17) is 5.10 Å². The number of benzene rings is 3. The summed E-state index contributed by atoms with van der Waals surface area (Å²) in [5, 5.41) is 7.63. The van der Waals surface area contributed by atoms with Gasteiger partial charge in [0.25, 0.3) is 11.8 Å². The van der Waals surface area contributed by atoms with E-state index in [2.05, 4.69) is 5.32 Å². The van der Waals surface area contributed by atoms with Crippen molar-refractivity contribution in [1.82, 2.24) is 15.1 Å². The van der Waals surface area contributed by atoms with Gasteiger partial charge in [0.2, 0.25) is 0 Å². The van der Waals surface area contributed by atoms with Crippen LogP contribution in [0, 0.1) is 25.5 Å². The van der Waals surface area contributed by atoms with Crippen LogP contribution in [0.25, 0.3) is 5.69 Å². The third-order valence-corrected chi connectivity index (χ3v) is 6.65. The van der Waals surface area contributed by atoms with E-state index >= 15 is 0 Å². The number of hydrogen-bond donors (Lipinski definition) is 1. The maximum absolute atomic E-state index is 14.1. The molecule has 0 radical (unpaired) electrons. The second-order valence-corrected chi connectivity index (χ2v) is 9.15. The van der Waals surface area contributed by atoms with Crippen LogP contribution in [0.5, 0.6) is 0 Å². The fourth-order valence-corrected chi connectivity index (χ4v) is 5.05. The number of rotatable bonds is 5. The van der Waals surface area contributed by atoms with Crippen molar-refractivity contribution >= 4 is 17.6 Å². The number of aryl methyl sites for hydroxylation is 2. The minimum atomic E-state index is -1.01. The van der Waals surface area contributed by atoms with E-state index in [9.17, 15) is 18.4 Å². The second kappa shape index (κ2) is 9.61. The highest BCUT2D eigenvalue weighted by atomic mass is 19.1. The van der Waals surface area contributed by atoms with Gasteiger partial charge in [0, 0.05) is 23.6 Å². The molecule has 4 aromatic rings. The molecule has 6 nitrogen and oxygen atoms in total. The molecule has 0 unspecified atom stereocenters. The maximum Gasteiger partial charge on any atom is 0.252 e. The Labute approximate surface area is 213 Å². The molecule has 0 fully saturated rings. The Kier molecular flexibility index (Phi) is 6.33. The van der Waals surface area contributed by atoms with Gasteiger partial charge in [-0.2, -0.15) is 5.10 Å². The first-order valence-electron chi connectivity index (χ1n) is 12.1. The molecule has 1 N–H and O–H groups in total. The highest BCUT2D eigenvalue weighted by molar-refractivity contribution is 6.05. The van der Waals surface area contributed by atoms with E-state index in [1.54, 1.807) is 34.7 Å². The van der Waals surface area contributed by atoms with E-state index in [0.29, 0.717) is 29.2 Å². The summed E-state index contributed by atoms with van der Waals surface area (Å²) in [6.45, 7) is 5.74. The number of amides is 2. The fourth-order valence-electron chi connectivity index (χ4n) is 5.05. The number of para-hydroxylation sites is 1. The van der Waals surface area contributed by atoms with Crippen molar-refractivity contribution in [2.75, 3.05) is 11.4 Å². The molecule has 2 atom stereocenters. The Hall–Kier alpha value is -4.33. The summed E-state index contributed by atoms with van der Waals surface area (Å²) >= 11 is 0. The van der Waals surface area contributed by atoms with E-state index < -0.39 is 29.5 Å². The van der Waals surface area contributed by atoms with Crippen molar-refractivity contribution in [1.29, 1.82) is 0 Å². The summed E-state index contributed by atoms with van der Waals surface area (Å²) in [5.74, 6) is -1.87. The van der Waals surface area contributed by atoms with Crippen LogP contribution in [0.2, 0.25) is 0 Å². The number of carbonyl (C=O) groups is 2. The SMILES string of the molecule is CCN1C(=O)[C@@H](NC(=O)c2cc(C)cc(F)c2)[C@@H](c2ccc(F)cc2)c2c(C)nn(-c3ccccc3)c21. The predicted octanol–water partition coefficient (Wildman–Crippen LogP) is 5.06. The lowest BCUT2D eigenvalue weighted by Crippen LogP contribution is -2.55. The number of nitrogens with one attached hydrogen (secondary N) is 1. The first-order valence-corrected chi connectivity index (χ1v) is 12.1. The van der Waals surface area contributed by atoms with Gasteiger partial charge in [-0.3, -0.25) is 14.5 Å². The normalized spacial score (nSPS) is 17.0. The zero-order valence-electron chi connectivity index (χ0n) is 20.7. The minimum absolute atomic E-state index is 0.119. The van der Waals surface area contributed by atoms with Crippen LogP contribution in [-0.4, -0.2) is 34.2 Å². The molecule has 1 aliphatic rings. The van der Waals surface area contributed by atoms with Gasteiger partial charge in [-0.15, -0.1) is 0 Å². The number of hydrogen-bond acceptors (Lipinski definition) is 3. The second-order valence-electron chi connectivity index (χ2n) is 9.15. The molecular weight excluding hydrogens is 474 g/mol.